The third-order valence-corrected chi connectivity index (χ3v) is 4.14. The summed E-state index contributed by atoms with van der Waals surface area (Å²) in [5.41, 5.74) is 1.19. The van der Waals surface area contributed by atoms with E-state index < -0.39 is 10.1 Å². The molecule has 0 atom stereocenters. The summed E-state index contributed by atoms with van der Waals surface area (Å²) in [6.07, 6.45) is 3.77. The second-order valence-corrected chi connectivity index (χ2v) is 6.55. The van der Waals surface area contributed by atoms with Crippen molar-refractivity contribution in [2.24, 2.45) is 0 Å². The molecule has 0 saturated heterocycles. The SMILES string of the molecule is CCS(=O)(=O)OCCCCCCOCc1ccccc1. The number of unbranched alkanes of at least 4 members (excludes halogenated alkanes) is 3. The molecule has 20 heavy (non-hydrogen) atoms. The molecule has 0 N–H and O–H groups in total. The number of hydrogen-bond donors (Lipinski definition) is 0. The Kier molecular flexibility index (Phi) is 8.49. The monoisotopic (exact) mass is 300 g/mol. The summed E-state index contributed by atoms with van der Waals surface area (Å²) in [7, 11) is -3.28. The van der Waals surface area contributed by atoms with Gasteiger partial charge in [-0.15, -0.1) is 0 Å². The van der Waals surface area contributed by atoms with Crippen LogP contribution in [0.4, 0.5) is 0 Å². The van der Waals surface area contributed by atoms with Crippen molar-refractivity contribution in [3.63, 3.8) is 0 Å². The molecular formula is C15H24O4S. The molecule has 1 aromatic carbocycles. The molecular weight excluding hydrogens is 276 g/mol. The van der Waals surface area contributed by atoms with E-state index in [0.29, 0.717) is 13.2 Å². The van der Waals surface area contributed by atoms with Crippen molar-refractivity contribution in [2.45, 2.75) is 39.2 Å². The highest BCUT2D eigenvalue weighted by Crippen LogP contribution is 2.05. The normalized spacial score (nSPS) is 11.7. The molecule has 0 unspecified atom stereocenters. The molecule has 0 heterocycles. The molecule has 0 radical (unpaired) electrons. The first-order chi connectivity index (χ1) is 9.64. The second-order valence-electron chi connectivity index (χ2n) is 4.62. The van der Waals surface area contributed by atoms with Crippen LogP contribution in [0.3, 0.4) is 0 Å². The van der Waals surface area contributed by atoms with Crippen LogP contribution >= 0.6 is 0 Å². The lowest BCUT2D eigenvalue weighted by Gasteiger charge is -2.05. The molecule has 4 nitrogen and oxygen atoms in total. The standard InChI is InChI=1S/C15H24O4S/c1-2-20(16,17)19-13-9-4-3-8-12-18-14-15-10-6-5-7-11-15/h5-7,10-11H,2-4,8-9,12-14H2,1H3. The molecule has 0 bridgehead atoms. The van der Waals surface area contributed by atoms with Crippen LogP contribution in [0.25, 0.3) is 0 Å². The van der Waals surface area contributed by atoms with Gasteiger partial charge in [-0.25, -0.2) is 0 Å². The Balaban J connectivity index is 1.90. The van der Waals surface area contributed by atoms with Crippen LogP contribution in [0.1, 0.15) is 38.2 Å². The van der Waals surface area contributed by atoms with Crippen LogP contribution in [0.15, 0.2) is 30.3 Å². The Morgan fingerprint density at radius 3 is 2.25 bits per heavy atom. The average molecular weight is 300 g/mol. The molecule has 0 aromatic heterocycles. The summed E-state index contributed by atoms with van der Waals surface area (Å²) in [6, 6.07) is 10.1. The fraction of sp³-hybridized carbons (Fsp3) is 0.600. The molecule has 0 aliphatic heterocycles. The molecule has 1 aromatic rings. The molecule has 1 rings (SSSR count). The summed E-state index contributed by atoms with van der Waals surface area (Å²) in [6.45, 7) is 3.27. The van der Waals surface area contributed by atoms with Crippen LogP contribution in [-0.4, -0.2) is 27.4 Å². The van der Waals surface area contributed by atoms with Gasteiger partial charge in [0.1, 0.15) is 0 Å². The maximum Gasteiger partial charge on any atom is 0.267 e. The van der Waals surface area contributed by atoms with E-state index in [-0.39, 0.29) is 5.75 Å². The Bertz CT molecular complexity index is 442. The highest BCUT2D eigenvalue weighted by atomic mass is 32.2. The van der Waals surface area contributed by atoms with Gasteiger partial charge in [-0.3, -0.25) is 4.18 Å². The van der Waals surface area contributed by atoms with Crippen molar-refractivity contribution < 1.29 is 17.3 Å². The fourth-order valence-corrected chi connectivity index (χ4v) is 2.23. The first-order valence-corrected chi connectivity index (χ1v) is 8.70. The van der Waals surface area contributed by atoms with E-state index in [4.69, 9.17) is 8.92 Å². The van der Waals surface area contributed by atoms with Crippen LogP contribution in [0, 0.1) is 0 Å². The van der Waals surface area contributed by atoms with E-state index in [1.165, 1.54) is 5.56 Å². The van der Waals surface area contributed by atoms with Gasteiger partial charge in [0.05, 0.1) is 19.0 Å². The summed E-state index contributed by atoms with van der Waals surface area (Å²) >= 11 is 0. The highest BCUT2D eigenvalue weighted by Gasteiger charge is 2.05. The van der Waals surface area contributed by atoms with Crippen molar-refractivity contribution >= 4 is 10.1 Å². The maximum absolute atomic E-state index is 11.1. The van der Waals surface area contributed by atoms with Crippen LogP contribution < -0.4 is 0 Å². The first-order valence-electron chi connectivity index (χ1n) is 7.13. The minimum absolute atomic E-state index is 0.0420. The van der Waals surface area contributed by atoms with Gasteiger partial charge in [0, 0.05) is 6.61 Å². The van der Waals surface area contributed by atoms with Crippen molar-refractivity contribution in [3.8, 4) is 0 Å². The molecule has 0 fully saturated rings. The van der Waals surface area contributed by atoms with Gasteiger partial charge in [0.2, 0.25) is 0 Å². The molecule has 5 heteroatoms. The lowest BCUT2D eigenvalue weighted by atomic mass is 10.2. The summed E-state index contributed by atoms with van der Waals surface area (Å²) in [5, 5.41) is 0. The van der Waals surface area contributed by atoms with Crippen LogP contribution in [-0.2, 0) is 25.6 Å². The number of hydrogen-bond acceptors (Lipinski definition) is 4. The lowest BCUT2D eigenvalue weighted by Crippen LogP contribution is -2.09. The van der Waals surface area contributed by atoms with Crippen LogP contribution in [0.5, 0.6) is 0 Å². The van der Waals surface area contributed by atoms with Crippen molar-refractivity contribution in [1.82, 2.24) is 0 Å². The van der Waals surface area contributed by atoms with Gasteiger partial charge >= 0.3 is 0 Å². The number of ether oxygens (including phenoxy) is 1. The molecule has 0 spiro atoms. The van der Waals surface area contributed by atoms with Crippen molar-refractivity contribution in [1.29, 1.82) is 0 Å². The van der Waals surface area contributed by atoms with E-state index >= 15 is 0 Å². The summed E-state index contributed by atoms with van der Waals surface area (Å²) in [5.74, 6) is 0.0420. The van der Waals surface area contributed by atoms with E-state index in [2.05, 4.69) is 0 Å². The predicted molar refractivity (Wildman–Crippen MR) is 80.0 cm³/mol. The largest absolute Gasteiger partial charge is 0.377 e. The molecule has 0 aliphatic rings. The van der Waals surface area contributed by atoms with Crippen molar-refractivity contribution in [3.05, 3.63) is 35.9 Å². The molecule has 0 amide bonds. The minimum Gasteiger partial charge on any atom is -0.377 e. The number of benzene rings is 1. The molecule has 0 saturated carbocycles. The average Bonchev–Trinajstić information content (AvgIpc) is 2.46. The minimum atomic E-state index is -3.28. The zero-order valence-corrected chi connectivity index (χ0v) is 12.9. The fourth-order valence-electron chi connectivity index (χ4n) is 1.69. The maximum atomic E-state index is 11.1. The van der Waals surface area contributed by atoms with E-state index in [9.17, 15) is 8.42 Å². The number of rotatable bonds is 11. The summed E-state index contributed by atoms with van der Waals surface area (Å²) in [4.78, 5) is 0. The van der Waals surface area contributed by atoms with Gasteiger partial charge in [0.25, 0.3) is 10.1 Å². The van der Waals surface area contributed by atoms with E-state index in [1.807, 2.05) is 30.3 Å². The molecule has 114 valence electrons. The van der Waals surface area contributed by atoms with Crippen molar-refractivity contribution in [2.75, 3.05) is 19.0 Å². The van der Waals surface area contributed by atoms with E-state index in [0.717, 1.165) is 32.3 Å². The zero-order valence-electron chi connectivity index (χ0n) is 12.1. The molecule has 0 aliphatic carbocycles. The second kappa shape index (κ2) is 9.91. The predicted octanol–water partition coefficient (Wildman–Crippen LogP) is 3.13. The quantitative estimate of drug-likeness (QED) is 0.465. The van der Waals surface area contributed by atoms with Gasteiger partial charge < -0.3 is 4.74 Å². The van der Waals surface area contributed by atoms with Gasteiger partial charge in [-0.2, -0.15) is 8.42 Å². The van der Waals surface area contributed by atoms with E-state index in [1.54, 1.807) is 6.92 Å². The first kappa shape index (κ1) is 17.1. The Labute approximate surface area is 122 Å². The summed E-state index contributed by atoms with van der Waals surface area (Å²) < 4.78 is 32.5. The Hall–Kier alpha value is -0.910. The lowest BCUT2D eigenvalue weighted by molar-refractivity contribution is 0.116. The smallest absolute Gasteiger partial charge is 0.267 e. The van der Waals surface area contributed by atoms with Crippen LogP contribution in [0.2, 0.25) is 0 Å². The zero-order chi connectivity index (χ0) is 14.7. The topological polar surface area (TPSA) is 52.6 Å². The third-order valence-electron chi connectivity index (χ3n) is 2.91. The van der Waals surface area contributed by atoms with Gasteiger partial charge in [0.15, 0.2) is 0 Å². The van der Waals surface area contributed by atoms with Gasteiger partial charge in [-0.1, -0.05) is 43.2 Å². The third kappa shape index (κ3) is 8.30. The highest BCUT2D eigenvalue weighted by molar-refractivity contribution is 7.86. The Morgan fingerprint density at radius 1 is 0.950 bits per heavy atom. The van der Waals surface area contributed by atoms with Gasteiger partial charge in [-0.05, 0) is 25.3 Å². The Morgan fingerprint density at radius 2 is 1.60 bits per heavy atom.